The van der Waals surface area contributed by atoms with Crippen molar-refractivity contribution in [3.8, 4) is 11.5 Å². The Morgan fingerprint density at radius 3 is 2.22 bits per heavy atom. The lowest BCUT2D eigenvalue weighted by Gasteiger charge is -2.26. The Balaban J connectivity index is 1.78. The Morgan fingerprint density at radius 1 is 0.946 bits per heavy atom. The van der Waals surface area contributed by atoms with Crippen LogP contribution in [0.4, 0.5) is 0 Å². The van der Waals surface area contributed by atoms with E-state index in [1.54, 1.807) is 25.3 Å². The van der Waals surface area contributed by atoms with Gasteiger partial charge in [0, 0.05) is 12.1 Å². The fourth-order valence-electron chi connectivity index (χ4n) is 4.62. The SMILES string of the molecule is COc1ccc(/C(O)=C2/C(=O)C(=O)N(Cc3ccc(OC(C)(C)C)cc3)C2c2cccc(C)c2)c(C)c1. The second-order valence-corrected chi connectivity index (χ2v) is 10.4. The summed E-state index contributed by atoms with van der Waals surface area (Å²) < 4.78 is 11.2. The van der Waals surface area contributed by atoms with E-state index in [0.29, 0.717) is 11.3 Å². The van der Waals surface area contributed by atoms with Crippen LogP contribution in [0.5, 0.6) is 11.5 Å². The number of aliphatic hydroxyl groups excluding tert-OH is 1. The minimum Gasteiger partial charge on any atom is -0.507 e. The number of aryl methyl sites for hydroxylation is 2. The molecule has 192 valence electrons. The number of nitrogens with zero attached hydrogens (tertiary/aromatic N) is 1. The molecule has 1 atom stereocenters. The molecule has 1 amide bonds. The second kappa shape index (κ2) is 10.1. The number of benzene rings is 3. The van der Waals surface area contributed by atoms with Crippen LogP contribution >= 0.6 is 0 Å². The molecule has 1 N–H and O–H groups in total. The van der Waals surface area contributed by atoms with Gasteiger partial charge in [-0.3, -0.25) is 9.59 Å². The minimum atomic E-state index is -0.730. The van der Waals surface area contributed by atoms with Gasteiger partial charge in [-0.25, -0.2) is 0 Å². The van der Waals surface area contributed by atoms with E-state index in [2.05, 4.69) is 0 Å². The van der Waals surface area contributed by atoms with Crippen molar-refractivity contribution in [3.05, 3.63) is 100 Å². The Morgan fingerprint density at radius 2 is 1.62 bits per heavy atom. The molecule has 6 heteroatoms. The summed E-state index contributed by atoms with van der Waals surface area (Å²) in [5.74, 6) is -0.172. The highest BCUT2D eigenvalue weighted by atomic mass is 16.5. The number of aliphatic hydroxyl groups is 1. The van der Waals surface area contributed by atoms with Crippen molar-refractivity contribution in [2.24, 2.45) is 0 Å². The van der Waals surface area contributed by atoms with Gasteiger partial charge < -0.3 is 19.5 Å². The maximum absolute atomic E-state index is 13.4. The van der Waals surface area contributed by atoms with Gasteiger partial charge in [0.1, 0.15) is 22.9 Å². The third-order valence-electron chi connectivity index (χ3n) is 6.29. The number of carbonyl (C=O) groups excluding carboxylic acids is 2. The highest BCUT2D eigenvalue weighted by Crippen LogP contribution is 2.41. The van der Waals surface area contributed by atoms with Gasteiger partial charge in [-0.1, -0.05) is 42.0 Å². The van der Waals surface area contributed by atoms with Crippen LogP contribution in [0, 0.1) is 13.8 Å². The molecule has 4 rings (SSSR count). The number of hydrogen-bond donors (Lipinski definition) is 1. The third-order valence-corrected chi connectivity index (χ3v) is 6.29. The van der Waals surface area contributed by atoms with Gasteiger partial charge in [0.05, 0.1) is 18.7 Å². The van der Waals surface area contributed by atoms with Crippen LogP contribution in [0.2, 0.25) is 0 Å². The molecule has 1 unspecified atom stereocenters. The summed E-state index contributed by atoms with van der Waals surface area (Å²) >= 11 is 0. The van der Waals surface area contributed by atoms with Crippen molar-refractivity contribution >= 4 is 17.4 Å². The van der Waals surface area contributed by atoms with Crippen molar-refractivity contribution in [2.75, 3.05) is 7.11 Å². The first kappa shape index (κ1) is 26.0. The van der Waals surface area contributed by atoms with Gasteiger partial charge in [0.2, 0.25) is 0 Å². The predicted octanol–water partition coefficient (Wildman–Crippen LogP) is 6.11. The largest absolute Gasteiger partial charge is 0.507 e. The van der Waals surface area contributed by atoms with Gasteiger partial charge in [-0.2, -0.15) is 0 Å². The fourth-order valence-corrected chi connectivity index (χ4v) is 4.62. The van der Waals surface area contributed by atoms with Crippen LogP contribution in [-0.2, 0) is 16.1 Å². The first-order valence-electron chi connectivity index (χ1n) is 12.3. The lowest BCUT2D eigenvalue weighted by Crippen LogP contribution is -2.29. The topological polar surface area (TPSA) is 76.1 Å². The number of ketones is 1. The first-order valence-corrected chi connectivity index (χ1v) is 12.3. The van der Waals surface area contributed by atoms with Gasteiger partial charge in [-0.15, -0.1) is 0 Å². The van der Waals surface area contributed by atoms with Gasteiger partial charge in [0.15, 0.2) is 0 Å². The van der Waals surface area contributed by atoms with E-state index in [0.717, 1.165) is 28.0 Å². The molecule has 0 spiro atoms. The number of amides is 1. The fraction of sp³-hybridized carbons (Fsp3) is 0.290. The normalized spacial score (nSPS) is 17.2. The van der Waals surface area contributed by atoms with Crippen molar-refractivity contribution in [3.63, 3.8) is 0 Å². The maximum atomic E-state index is 13.4. The molecule has 0 aromatic heterocycles. The molecule has 6 nitrogen and oxygen atoms in total. The van der Waals surface area contributed by atoms with Crippen LogP contribution in [0.3, 0.4) is 0 Å². The molecule has 1 fully saturated rings. The smallest absolute Gasteiger partial charge is 0.295 e. The van der Waals surface area contributed by atoms with Gasteiger partial charge >= 0.3 is 0 Å². The second-order valence-electron chi connectivity index (χ2n) is 10.4. The van der Waals surface area contributed by atoms with E-state index in [4.69, 9.17) is 9.47 Å². The average molecular weight is 500 g/mol. The molecule has 1 aliphatic rings. The standard InChI is InChI=1S/C31H33NO5/c1-19-8-7-9-22(16-19)27-26(28(33)25-15-14-24(36-6)17-20(25)2)29(34)30(35)32(27)18-21-10-12-23(13-11-21)37-31(3,4)5/h7-17,27,33H,18H2,1-6H3/b28-26-. The van der Waals surface area contributed by atoms with Gasteiger partial charge in [0.25, 0.3) is 11.7 Å². The zero-order valence-corrected chi connectivity index (χ0v) is 22.2. The first-order chi connectivity index (χ1) is 17.5. The van der Waals surface area contributed by atoms with Crippen molar-refractivity contribution in [1.82, 2.24) is 4.90 Å². The predicted molar refractivity (Wildman–Crippen MR) is 144 cm³/mol. The molecule has 0 saturated carbocycles. The van der Waals surface area contributed by atoms with Crippen LogP contribution in [0.25, 0.3) is 5.76 Å². The molecule has 1 aliphatic heterocycles. The number of carbonyl (C=O) groups is 2. The summed E-state index contributed by atoms with van der Waals surface area (Å²) in [6.07, 6.45) is 0. The molecule has 0 bridgehead atoms. The average Bonchev–Trinajstić information content (AvgIpc) is 3.08. The molecule has 0 radical (unpaired) electrons. The zero-order chi connectivity index (χ0) is 26.9. The molecule has 1 saturated heterocycles. The summed E-state index contributed by atoms with van der Waals surface area (Å²) in [5, 5.41) is 11.4. The molecule has 1 heterocycles. The number of methoxy groups -OCH3 is 1. The maximum Gasteiger partial charge on any atom is 0.295 e. The molecule has 37 heavy (non-hydrogen) atoms. The van der Waals surface area contributed by atoms with Crippen LogP contribution < -0.4 is 9.47 Å². The van der Waals surface area contributed by atoms with Crippen molar-refractivity contribution in [2.45, 2.75) is 52.8 Å². The lowest BCUT2D eigenvalue weighted by atomic mass is 9.93. The highest BCUT2D eigenvalue weighted by molar-refractivity contribution is 6.46. The van der Waals surface area contributed by atoms with Crippen LogP contribution in [0.1, 0.15) is 54.6 Å². The van der Waals surface area contributed by atoms with Gasteiger partial charge in [-0.05, 0) is 81.6 Å². The summed E-state index contributed by atoms with van der Waals surface area (Å²) in [6, 6.07) is 19.7. The van der Waals surface area contributed by atoms with E-state index >= 15 is 0 Å². The lowest BCUT2D eigenvalue weighted by molar-refractivity contribution is -0.140. The van der Waals surface area contributed by atoms with Crippen LogP contribution in [0.15, 0.2) is 72.3 Å². The van der Waals surface area contributed by atoms with E-state index in [-0.39, 0.29) is 23.5 Å². The zero-order valence-electron chi connectivity index (χ0n) is 22.2. The number of ether oxygens (including phenoxy) is 2. The van der Waals surface area contributed by atoms with E-state index in [9.17, 15) is 14.7 Å². The van der Waals surface area contributed by atoms with Crippen molar-refractivity contribution < 1.29 is 24.2 Å². The molecule has 3 aromatic rings. The molecular formula is C31H33NO5. The number of hydrogen-bond acceptors (Lipinski definition) is 5. The summed E-state index contributed by atoms with van der Waals surface area (Å²) in [7, 11) is 1.57. The number of Topliss-reactive ketones (excluding diaryl/α,β-unsaturated/α-hetero) is 1. The molecular weight excluding hydrogens is 466 g/mol. The third kappa shape index (κ3) is 5.53. The molecule has 3 aromatic carbocycles. The summed E-state index contributed by atoms with van der Waals surface area (Å²) in [4.78, 5) is 28.3. The summed E-state index contributed by atoms with van der Waals surface area (Å²) in [6.45, 7) is 9.93. The number of rotatable bonds is 6. The Bertz CT molecular complexity index is 1370. The highest BCUT2D eigenvalue weighted by Gasteiger charge is 2.46. The Kier molecular flexibility index (Phi) is 7.12. The Hall–Kier alpha value is -4.06. The minimum absolute atomic E-state index is 0.0801. The van der Waals surface area contributed by atoms with E-state index in [1.807, 2.05) is 83.1 Å². The van der Waals surface area contributed by atoms with Crippen LogP contribution in [-0.4, -0.2) is 34.4 Å². The monoisotopic (exact) mass is 499 g/mol. The van der Waals surface area contributed by atoms with Crippen molar-refractivity contribution in [1.29, 1.82) is 0 Å². The summed E-state index contributed by atoms with van der Waals surface area (Å²) in [5.41, 5.74) is 3.58. The Labute approximate surface area is 218 Å². The molecule has 0 aliphatic carbocycles. The van der Waals surface area contributed by atoms with E-state index in [1.165, 1.54) is 4.90 Å². The number of likely N-dealkylation sites (tertiary alicyclic amines) is 1. The van der Waals surface area contributed by atoms with E-state index < -0.39 is 17.7 Å². The quantitative estimate of drug-likeness (QED) is 0.252.